The molecule has 0 bridgehead atoms. The Labute approximate surface area is 104 Å². The summed E-state index contributed by atoms with van der Waals surface area (Å²) in [6, 6.07) is 0. The van der Waals surface area contributed by atoms with Gasteiger partial charge in [0.2, 0.25) is 0 Å². The largest absolute Gasteiger partial charge is 0.513 e. The van der Waals surface area contributed by atoms with E-state index in [4.69, 9.17) is 0 Å². The van der Waals surface area contributed by atoms with Gasteiger partial charge < -0.3 is 0 Å². The second-order valence-corrected chi connectivity index (χ2v) is 6.74. The normalized spacial score (nSPS) is 28.0. The summed E-state index contributed by atoms with van der Waals surface area (Å²) < 4.78 is 84.9. The fourth-order valence-corrected chi connectivity index (χ4v) is 2.92. The lowest BCUT2D eigenvalue weighted by molar-refractivity contribution is -0.0474. The molecule has 0 heterocycles. The average Bonchev–Trinajstić information content (AvgIpc) is 2.25. The third-order valence-electron chi connectivity index (χ3n) is 2.41. The molecule has 0 aromatic heterocycles. The van der Waals surface area contributed by atoms with Crippen LogP contribution < -0.4 is 4.89 Å². The third-order valence-corrected chi connectivity index (χ3v) is 4.69. The molecule has 1 rings (SSSR count). The topological polar surface area (TPSA) is 72.5 Å². The van der Waals surface area contributed by atoms with E-state index in [0.717, 1.165) is 4.89 Å². The SMILES string of the molecule is O=S(ONS(=O)(=O)C(F)(F)F)C1CCC(F)CC1. The molecule has 1 saturated carbocycles. The number of nitrogens with one attached hydrogen (secondary N) is 1. The molecule has 1 unspecified atom stereocenters. The summed E-state index contributed by atoms with van der Waals surface area (Å²) in [4.78, 5) is 0.761. The molecule has 1 aliphatic carbocycles. The Hall–Kier alpha value is -0.260. The van der Waals surface area contributed by atoms with Gasteiger partial charge in [-0.2, -0.15) is 17.5 Å². The number of halogens is 4. The molecule has 108 valence electrons. The second kappa shape index (κ2) is 5.80. The molecule has 0 aromatic carbocycles. The van der Waals surface area contributed by atoms with Crippen LogP contribution in [0, 0.1) is 0 Å². The van der Waals surface area contributed by atoms with Gasteiger partial charge in [0.25, 0.3) is 0 Å². The number of rotatable bonds is 4. The van der Waals surface area contributed by atoms with Gasteiger partial charge in [-0.15, -0.1) is 0 Å². The number of sulfonamides is 1. The van der Waals surface area contributed by atoms with Crippen LogP contribution in [-0.2, 0) is 25.4 Å². The Morgan fingerprint density at radius 3 is 2.11 bits per heavy atom. The summed E-state index contributed by atoms with van der Waals surface area (Å²) in [6.07, 6.45) is -0.425. The van der Waals surface area contributed by atoms with Crippen molar-refractivity contribution in [2.24, 2.45) is 0 Å². The standard InChI is InChI=1S/C7H11F4NO4S2/c8-5-1-3-6(4-2-5)17(13)16-12-18(14,15)7(9,10)11/h5-6,12H,1-4H2. The number of alkyl halides is 4. The number of hydrogen-bond acceptors (Lipinski definition) is 4. The monoisotopic (exact) mass is 313 g/mol. The molecule has 1 N–H and O–H groups in total. The molecule has 0 aliphatic heterocycles. The van der Waals surface area contributed by atoms with Crippen LogP contribution in [0.25, 0.3) is 0 Å². The van der Waals surface area contributed by atoms with E-state index in [1.807, 2.05) is 0 Å². The molecule has 0 radical (unpaired) electrons. The average molecular weight is 313 g/mol. The smallest absolute Gasteiger partial charge is 0.247 e. The van der Waals surface area contributed by atoms with E-state index in [9.17, 15) is 30.2 Å². The van der Waals surface area contributed by atoms with Gasteiger partial charge in [0.05, 0.1) is 5.25 Å². The molecule has 0 amide bonds. The zero-order valence-electron chi connectivity index (χ0n) is 8.94. The highest BCUT2D eigenvalue weighted by Gasteiger charge is 2.47. The first-order chi connectivity index (χ1) is 8.13. The van der Waals surface area contributed by atoms with Crippen molar-refractivity contribution < 1.29 is 34.5 Å². The van der Waals surface area contributed by atoms with Gasteiger partial charge in [-0.1, -0.05) is 4.89 Å². The van der Waals surface area contributed by atoms with Crippen LogP contribution in [0.15, 0.2) is 0 Å². The van der Waals surface area contributed by atoms with Crippen molar-refractivity contribution in [3.05, 3.63) is 0 Å². The molecule has 18 heavy (non-hydrogen) atoms. The third kappa shape index (κ3) is 4.14. The van der Waals surface area contributed by atoms with E-state index < -0.39 is 38.0 Å². The minimum atomic E-state index is -5.68. The van der Waals surface area contributed by atoms with Crippen LogP contribution in [0.4, 0.5) is 17.6 Å². The lowest BCUT2D eigenvalue weighted by Gasteiger charge is -2.22. The van der Waals surface area contributed by atoms with Crippen molar-refractivity contribution >= 4 is 21.1 Å². The Balaban J connectivity index is 2.47. The van der Waals surface area contributed by atoms with Crippen LogP contribution in [0.5, 0.6) is 0 Å². The van der Waals surface area contributed by atoms with Crippen LogP contribution in [0.3, 0.4) is 0 Å². The summed E-state index contributed by atoms with van der Waals surface area (Å²) in [5.41, 5.74) is -5.53. The van der Waals surface area contributed by atoms with Crippen LogP contribution >= 0.6 is 0 Å². The van der Waals surface area contributed by atoms with Gasteiger partial charge in [0.15, 0.2) is 11.1 Å². The first-order valence-corrected chi connectivity index (χ1v) is 7.55. The highest BCUT2D eigenvalue weighted by atomic mass is 32.2. The lowest BCUT2D eigenvalue weighted by Crippen LogP contribution is -2.38. The highest BCUT2D eigenvalue weighted by Crippen LogP contribution is 2.26. The lowest BCUT2D eigenvalue weighted by atomic mass is 9.99. The van der Waals surface area contributed by atoms with E-state index in [-0.39, 0.29) is 25.7 Å². The highest BCUT2D eigenvalue weighted by molar-refractivity contribution is 7.90. The van der Waals surface area contributed by atoms with E-state index >= 15 is 0 Å². The maximum atomic E-state index is 12.8. The van der Waals surface area contributed by atoms with Crippen molar-refractivity contribution in [3.63, 3.8) is 0 Å². The summed E-state index contributed by atoms with van der Waals surface area (Å²) in [5.74, 6) is 0. The van der Waals surface area contributed by atoms with E-state index in [2.05, 4.69) is 4.28 Å². The van der Waals surface area contributed by atoms with E-state index in [1.165, 1.54) is 0 Å². The molecule has 0 spiro atoms. The van der Waals surface area contributed by atoms with Crippen molar-refractivity contribution in [3.8, 4) is 0 Å². The van der Waals surface area contributed by atoms with Crippen LogP contribution in [0.1, 0.15) is 25.7 Å². The van der Waals surface area contributed by atoms with Gasteiger partial charge in [-0.05, 0) is 25.7 Å². The Bertz CT molecular complexity index is 402. The molecule has 5 nitrogen and oxygen atoms in total. The van der Waals surface area contributed by atoms with Crippen molar-refractivity contribution in [2.75, 3.05) is 0 Å². The number of hydrogen-bond donors (Lipinski definition) is 1. The zero-order valence-corrected chi connectivity index (χ0v) is 10.6. The Kier molecular flexibility index (Phi) is 5.09. The first kappa shape index (κ1) is 15.8. The van der Waals surface area contributed by atoms with Crippen LogP contribution in [-0.4, -0.2) is 29.6 Å². The molecular weight excluding hydrogens is 302 g/mol. The van der Waals surface area contributed by atoms with Crippen molar-refractivity contribution in [1.29, 1.82) is 0 Å². The minimum Gasteiger partial charge on any atom is -0.247 e. The molecule has 1 atom stereocenters. The molecule has 1 aliphatic rings. The summed E-state index contributed by atoms with van der Waals surface area (Å²) in [5, 5.41) is -0.673. The molecular formula is C7H11F4NO4S2. The Morgan fingerprint density at radius 1 is 1.17 bits per heavy atom. The first-order valence-electron chi connectivity index (χ1n) is 4.93. The predicted molar refractivity (Wildman–Crippen MR) is 54.5 cm³/mol. The van der Waals surface area contributed by atoms with Gasteiger partial charge in [0, 0.05) is 0 Å². The second-order valence-electron chi connectivity index (χ2n) is 3.75. The maximum Gasteiger partial charge on any atom is 0.513 e. The minimum absolute atomic E-state index is 0.131. The molecule has 11 heteroatoms. The zero-order chi connectivity index (χ0) is 14.0. The molecule has 0 saturated heterocycles. The van der Waals surface area contributed by atoms with Gasteiger partial charge in [-0.25, -0.2) is 17.0 Å². The van der Waals surface area contributed by atoms with E-state index in [1.54, 1.807) is 0 Å². The van der Waals surface area contributed by atoms with Gasteiger partial charge >= 0.3 is 15.5 Å². The Morgan fingerprint density at radius 2 is 1.67 bits per heavy atom. The predicted octanol–water partition coefficient (Wildman–Crippen LogP) is 1.30. The van der Waals surface area contributed by atoms with Crippen molar-refractivity contribution in [1.82, 2.24) is 4.89 Å². The summed E-state index contributed by atoms with van der Waals surface area (Å²) in [7, 11) is -5.68. The summed E-state index contributed by atoms with van der Waals surface area (Å²) >= 11 is -2.26. The van der Waals surface area contributed by atoms with E-state index in [0.29, 0.717) is 0 Å². The molecule has 1 fully saturated rings. The summed E-state index contributed by atoms with van der Waals surface area (Å²) in [6.45, 7) is 0. The van der Waals surface area contributed by atoms with Crippen LogP contribution in [0.2, 0.25) is 0 Å². The maximum absolute atomic E-state index is 12.8. The van der Waals surface area contributed by atoms with Crippen molar-refractivity contribution in [2.45, 2.75) is 42.6 Å². The quantitative estimate of drug-likeness (QED) is 0.627. The fourth-order valence-electron chi connectivity index (χ4n) is 1.41. The molecule has 0 aromatic rings. The van der Waals surface area contributed by atoms with Gasteiger partial charge in [-0.3, -0.25) is 0 Å². The van der Waals surface area contributed by atoms with Gasteiger partial charge in [0.1, 0.15) is 6.17 Å². The fraction of sp³-hybridized carbons (Fsp3) is 1.00.